The van der Waals surface area contributed by atoms with Gasteiger partial charge in [-0.1, -0.05) is 137 Å². The molecule has 734 valence electrons. The fourth-order valence-corrected chi connectivity index (χ4v) is 17.3. The van der Waals surface area contributed by atoms with Crippen molar-refractivity contribution < 1.29 is 120 Å². The molecule has 4 heterocycles. The number of hydrogen-bond donors (Lipinski definition) is 15. The highest BCUT2D eigenvalue weighted by Crippen LogP contribution is 2.28. The van der Waals surface area contributed by atoms with Gasteiger partial charge in [0, 0.05) is 109 Å². The number of nitrogens with one attached hydrogen (secondary N) is 10. The maximum atomic E-state index is 15.9. The summed E-state index contributed by atoms with van der Waals surface area (Å²) in [6.45, 7) is 0.747. The lowest BCUT2D eigenvalue weighted by Crippen LogP contribution is -2.64. The second-order valence-electron chi connectivity index (χ2n) is 34.2. The second-order valence-corrected chi connectivity index (χ2v) is 35.2. The predicted octanol–water partition coefficient (Wildman–Crippen LogP) is 0.0509. The van der Waals surface area contributed by atoms with Gasteiger partial charge in [-0.05, 0) is 94.6 Å². The Labute approximate surface area is 791 Å². The average molecular weight is 1920 g/mol. The van der Waals surface area contributed by atoms with Gasteiger partial charge in [-0.3, -0.25) is 76.7 Å². The lowest BCUT2D eigenvalue weighted by atomic mass is 9.98. The largest absolute Gasteiger partial charge is 0.508 e. The number of carbonyl (C=O) groups excluding carboxylic acids is 16. The zero-order valence-electron chi connectivity index (χ0n) is 76.3. The van der Waals surface area contributed by atoms with E-state index in [1.165, 1.54) is 62.6 Å². The quantitative estimate of drug-likeness (QED) is 0.0281. The molecule has 42 heteroatoms. The van der Waals surface area contributed by atoms with Crippen LogP contribution in [0.2, 0.25) is 0 Å². The van der Waals surface area contributed by atoms with E-state index in [0.717, 1.165) is 31.5 Å². The summed E-state index contributed by atoms with van der Waals surface area (Å²) in [5.41, 5.74) is 7.63. The van der Waals surface area contributed by atoms with Gasteiger partial charge in [0.2, 0.25) is 88.6 Å². The van der Waals surface area contributed by atoms with Crippen LogP contribution < -0.4 is 53.6 Å². The van der Waals surface area contributed by atoms with E-state index in [1.807, 2.05) is 0 Å². The van der Waals surface area contributed by atoms with E-state index in [1.54, 1.807) is 112 Å². The molecule has 14 atom stereocenters. The smallest absolute Gasteiger partial charge is 0.293 e. The number of carbonyl (C=O) groups is 16. The number of aromatic amines is 1. The van der Waals surface area contributed by atoms with Crippen LogP contribution in [0.4, 0.5) is 13.2 Å². The summed E-state index contributed by atoms with van der Waals surface area (Å²) in [5.74, 6) is -23.4. The van der Waals surface area contributed by atoms with Gasteiger partial charge in [0.25, 0.3) is 6.47 Å². The number of nitrogens with two attached hydrogens (primary N) is 1. The Bertz CT molecular complexity index is 5440. The molecule has 7 aromatic rings. The molecule has 3 saturated heterocycles. The van der Waals surface area contributed by atoms with E-state index in [0.29, 0.717) is 69.0 Å². The monoisotopic (exact) mass is 1920 g/mol. The van der Waals surface area contributed by atoms with Gasteiger partial charge in [-0.2, -0.15) is 0 Å². The lowest BCUT2D eigenvalue weighted by molar-refractivity contribution is -0.152. The minimum absolute atomic E-state index is 0.0284. The van der Waals surface area contributed by atoms with Gasteiger partial charge in [0.1, 0.15) is 96.6 Å². The third kappa shape index (κ3) is 28.8. The number of thioether (sulfide) groups is 1. The number of unbranched alkanes of at least 4 members (excludes halogenated alkanes) is 1. The molecule has 0 spiro atoms. The molecule has 0 bridgehead atoms. The highest BCUT2D eigenvalue weighted by molar-refractivity contribution is 8.00. The van der Waals surface area contributed by atoms with Crippen LogP contribution in [-0.4, -0.2) is 308 Å². The Morgan fingerprint density at radius 3 is 1.68 bits per heavy atom. The molecule has 6 aromatic carbocycles. The predicted molar refractivity (Wildman–Crippen MR) is 491 cm³/mol. The van der Waals surface area contributed by atoms with Crippen molar-refractivity contribution in [3.63, 3.8) is 0 Å². The molecule has 16 N–H and O–H groups in total. The number of benzene rings is 6. The fraction of sp³-hybridized carbons (Fsp3) is 0.432. The lowest BCUT2D eigenvalue weighted by Gasteiger charge is -2.38. The SMILES string of the molecule is CCCC[C@H]1C(=O)N2C[C@H](O)C[C@@H]2C(=O)N[C@@H](COC=O)C(=O)N[C@@H](C(C)C)C(=O)N(C)[C@@H](Cc2ccccc2)C(=O)N[C@@H](Cc2ccc(O)cc2)C(=O)N2CCOC[C@@H]2C(=O)N[C@@H](Cc2c[nH]c3ccccc23)C(=O)N[C@@H](Cc2ccc(O)cc2)C(=O)N[C@@H](CCO)C(=O)N[C@H](C(=O)NCC(N)=O)CSCC(=O)N[C@@H](Cc2cc(F)c(F)c(F)c2)C(=O)N(C)[C@@H](Cc2ccccc2)C(=O)N1C. The number of aliphatic hydroxyl groups excluding tert-OH is 2. The summed E-state index contributed by atoms with van der Waals surface area (Å²) in [6, 6.07) is 13.4. The Balaban J connectivity index is 1.06. The summed E-state index contributed by atoms with van der Waals surface area (Å²) in [7, 11) is 3.66. The van der Waals surface area contributed by atoms with Crippen LogP contribution in [0.25, 0.3) is 10.9 Å². The summed E-state index contributed by atoms with van der Waals surface area (Å²) < 4.78 is 56.1. The molecule has 3 aliphatic rings. The van der Waals surface area contributed by atoms with E-state index in [2.05, 4.69) is 52.8 Å². The number of fused-ring (bicyclic) bond motifs is 3. The minimum atomic E-state index is -1.92. The van der Waals surface area contributed by atoms with Crippen molar-refractivity contribution in [1.82, 2.24) is 77.3 Å². The number of likely N-dealkylation sites (N-methyl/N-ethyl adjacent to an activating group) is 3. The zero-order valence-corrected chi connectivity index (χ0v) is 77.1. The topological polar surface area (TPSA) is 539 Å². The van der Waals surface area contributed by atoms with Crippen molar-refractivity contribution >= 4 is 118 Å². The molecule has 137 heavy (non-hydrogen) atoms. The van der Waals surface area contributed by atoms with E-state index >= 15 is 56.7 Å². The van der Waals surface area contributed by atoms with Crippen molar-refractivity contribution in [2.75, 3.05) is 78.7 Å². The molecular weight excluding hydrogens is 1810 g/mol. The van der Waals surface area contributed by atoms with Gasteiger partial charge in [-0.15, -0.1) is 11.8 Å². The third-order valence-corrected chi connectivity index (χ3v) is 25.0. The maximum Gasteiger partial charge on any atom is 0.293 e. The van der Waals surface area contributed by atoms with E-state index in [4.69, 9.17) is 15.2 Å². The van der Waals surface area contributed by atoms with E-state index < -0.39 is 272 Å². The highest BCUT2D eigenvalue weighted by atomic mass is 32.2. The van der Waals surface area contributed by atoms with Crippen LogP contribution in [0, 0.1) is 23.4 Å². The van der Waals surface area contributed by atoms with E-state index in [-0.39, 0.29) is 69.6 Å². The van der Waals surface area contributed by atoms with E-state index in [9.17, 15) is 53.6 Å². The number of halogens is 3. The number of nitrogens with zero attached hydrogens (tertiary/aromatic N) is 5. The number of aromatic hydroxyl groups is 2. The number of phenols is 2. The molecule has 3 fully saturated rings. The van der Waals surface area contributed by atoms with Gasteiger partial charge in [0.05, 0.1) is 31.6 Å². The van der Waals surface area contributed by atoms with Crippen molar-refractivity contribution in [3.8, 4) is 11.5 Å². The maximum absolute atomic E-state index is 15.9. The number of phenolic OH excluding ortho intramolecular Hbond substituents is 2. The van der Waals surface area contributed by atoms with Gasteiger partial charge >= 0.3 is 0 Å². The Morgan fingerprint density at radius 2 is 1.07 bits per heavy atom. The molecule has 38 nitrogen and oxygen atoms in total. The van der Waals surface area contributed by atoms with Crippen molar-refractivity contribution in [3.05, 3.63) is 203 Å². The number of ether oxygens (including phenoxy) is 2. The molecule has 3 aliphatic heterocycles. The number of aliphatic hydroxyl groups is 2. The summed E-state index contributed by atoms with van der Waals surface area (Å²) in [6.07, 6.45) is -2.91. The number of aromatic nitrogens is 1. The minimum Gasteiger partial charge on any atom is -0.508 e. The van der Waals surface area contributed by atoms with Crippen LogP contribution in [0.15, 0.2) is 152 Å². The van der Waals surface area contributed by atoms with Crippen LogP contribution in [0.5, 0.6) is 11.5 Å². The van der Waals surface area contributed by atoms with Gasteiger partial charge in [0.15, 0.2) is 17.5 Å². The van der Waals surface area contributed by atoms with Crippen LogP contribution in [0.1, 0.15) is 86.3 Å². The Kier molecular flexibility index (Phi) is 38.3. The first-order valence-corrected chi connectivity index (χ1v) is 45.8. The summed E-state index contributed by atoms with van der Waals surface area (Å²) in [4.78, 5) is 246. The number of primary amides is 1. The van der Waals surface area contributed by atoms with Crippen LogP contribution in [0.3, 0.4) is 0 Å². The molecule has 15 amide bonds. The van der Waals surface area contributed by atoms with Crippen LogP contribution in [-0.2, 0) is 125 Å². The number of H-pyrrole nitrogens is 1. The molecule has 1 aromatic heterocycles. The van der Waals surface area contributed by atoms with Gasteiger partial charge < -0.3 is 113 Å². The third-order valence-electron chi connectivity index (χ3n) is 24.0. The first-order valence-electron chi connectivity index (χ1n) is 44.7. The number of hydrogen-bond acceptors (Lipinski definition) is 23. The molecular formula is C95H115F3N16O22S. The fourth-order valence-electron chi connectivity index (χ4n) is 16.4. The molecule has 0 radical (unpaired) electrons. The first-order chi connectivity index (χ1) is 65.4. The molecule has 0 aliphatic carbocycles. The average Bonchev–Trinajstić information content (AvgIpc) is 1.72. The summed E-state index contributed by atoms with van der Waals surface area (Å²) in [5, 5.41) is 66.7. The molecule has 0 saturated carbocycles. The van der Waals surface area contributed by atoms with Crippen molar-refractivity contribution in [2.24, 2.45) is 11.7 Å². The van der Waals surface area contributed by atoms with Crippen LogP contribution >= 0.6 is 11.8 Å². The molecule has 10 rings (SSSR count). The number of morpholine rings is 1. The Hall–Kier alpha value is -14.0. The normalized spacial score (nSPS) is 23.8. The zero-order chi connectivity index (χ0) is 99.4. The standard InChI is InChI=1S/C95H115F3N16O22S/c1-7-8-23-74-94(133)114-47-62(119)44-76(114)89(128)107-72(48-136-52-116)87(126)109-82(53(2)3)95(134)111(5)75(41-54-17-11-9-12-18-54)88(127)106-71(39-57-26-30-61(118)31-27-57)92(131)113-33-35-135-49-78(113)90(129)105-69(43-59-45-100-66-22-16-15-21-63(59)66)86(125)104-68(38-56-24-28-60(117)29-25-56)85(124)103-67(32-34-115)84(123)108-73(83(122)101-46-79(99)120)50-137-51-80(121)102-70(40-58-36-64(96)81(98)65(97)37-58)91(130)112(6)77(93(132)110(74)4)42-55-19-13-10-14-20-55/h9-22,24-31,36-37,45,52-53,62,67-78,82,100,115,117-119H,7-8,23,32-35,38-44,46-51H2,1-6H3,(H2,99,120)(H,101,122)(H,102,121)(H,103,124)(H,104,125)(H,105,129)(H,106,127)(H,107,128)(H,108,123)(H,109,126)/t62-,67+,68+,69+,70+,71+,72+,73+,74+,75+,76-,77+,78-,82+/m1/s1. The second kappa shape index (κ2) is 50.0. The number of para-hydroxylation sites is 1. The highest BCUT2D eigenvalue weighted by Gasteiger charge is 2.48. The van der Waals surface area contributed by atoms with Gasteiger partial charge in [-0.25, -0.2) is 13.2 Å². The Morgan fingerprint density at radius 1 is 0.555 bits per heavy atom. The number of amides is 15. The summed E-state index contributed by atoms with van der Waals surface area (Å²) >= 11 is 0.612. The number of rotatable bonds is 24. The first kappa shape index (κ1) is 105. The van der Waals surface area contributed by atoms with Crippen molar-refractivity contribution in [2.45, 2.75) is 176 Å². The molecule has 0 unspecified atom stereocenters. The van der Waals surface area contributed by atoms with Crippen molar-refractivity contribution in [1.29, 1.82) is 0 Å².